The average molecular weight is 555 g/mol. The van der Waals surface area contributed by atoms with Crippen LogP contribution >= 0.6 is 0 Å². The highest BCUT2D eigenvalue weighted by Crippen LogP contribution is 2.53. The maximum Gasteiger partial charge on any atom is 0.430 e. The second-order valence-corrected chi connectivity index (χ2v) is 9.85. The number of morpholine rings is 1. The van der Waals surface area contributed by atoms with Gasteiger partial charge in [-0.25, -0.2) is 8.42 Å². The Morgan fingerprint density at radius 2 is 1.49 bits per heavy atom. The van der Waals surface area contributed by atoms with Crippen LogP contribution < -0.4 is 4.31 Å². The third-order valence-corrected chi connectivity index (χ3v) is 7.67. The van der Waals surface area contributed by atoms with Gasteiger partial charge in [0.2, 0.25) is 5.91 Å². The first-order valence-corrected chi connectivity index (χ1v) is 12.5. The van der Waals surface area contributed by atoms with E-state index < -0.39 is 46.1 Å². The quantitative estimate of drug-likeness (QED) is 0.460. The Hall–Kier alpha value is -2.84. The van der Waals surface area contributed by atoms with Gasteiger partial charge in [0.15, 0.2) is 0 Å². The van der Waals surface area contributed by atoms with Gasteiger partial charge < -0.3 is 14.4 Å². The number of rotatable bonds is 8. The Morgan fingerprint density at radius 3 is 1.97 bits per heavy atom. The molecule has 1 amide bonds. The number of amides is 1. The molecular formula is C23H24F6N2O5S. The molecule has 1 saturated heterocycles. The second kappa shape index (κ2) is 10.9. The summed E-state index contributed by atoms with van der Waals surface area (Å²) in [5.41, 5.74) is -6.33. The molecule has 0 saturated carbocycles. The van der Waals surface area contributed by atoms with Crippen molar-refractivity contribution in [2.45, 2.75) is 29.8 Å². The van der Waals surface area contributed by atoms with E-state index in [0.717, 1.165) is 21.3 Å². The Morgan fingerprint density at radius 1 is 0.946 bits per heavy atom. The Balaban J connectivity index is 1.99. The van der Waals surface area contributed by atoms with Gasteiger partial charge >= 0.3 is 12.4 Å². The Labute approximate surface area is 209 Å². The van der Waals surface area contributed by atoms with Crippen molar-refractivity contribution in [1.82, 2.24) is 4.90 Å². The summed E-state index contributed by atoms with van der Waals surface area (Å²) in [5, 5.41) is 0. The number of hydrogen-bond donors (Lipinski definition) is 0. The lowest BCUT2D eigenvalue weighted by atomic mass is 9.91. The Bertz CT molecular complexity index is 1150. The summed E-state index contributed by atoms with van der Waals surface area (Å²) in [6, 6.07) is 9.81. The molecule has 2 aromatic carbocycles. The molecule has 1 heterocycles. The first-order chi connectivity index (χ1) is 17.3. The molecule has 0 atom stereocenters. The molecule has 7 nitrogen and oxygen atoms in total. The summed E-state index contributed by atoms with van der Waals surface area (Å²) >= 11 is 0. The molecule has 0 aromatic heterocycles. The van der Waals surface area contributed by atoms with E-state index in [4.69, 9.17) is 4.74 Å². The smallest absolute Gasteiger partial charge is 0.378 e. The minimum atomic E-state index is -6.00. The van der Waals surface area contributed by atoms with Crippen LogP contribution in [0, 0.1) is 0 Å². The predicted molar refractivity (Wildman–Crippen MR) is 120 cm³/mol. The van der Waals surface area contributed by atoms with Gasteiger partial charge in [-0.05, 0) is 31.2 Å². The van der Waals surface area contributed by atoms with Crippen LogP contribution in [-0.2, 0) is 29.9 Å². The maximum atomic E-state index is 14.1. The van der Waals surface area contributed by atoms with Gasteiger partial charge in [-0.3, -0.25) is 9.10 Å². The van der Waals surface area contributed by atoms with Gasteiger partial charge in [0.25, 0.3) is 15.6 Å². The summed E-state index contributed by atoms with van der Waals surface area (Å²) in [7, 11) is -4.15. The lowest BCUT2D eigenvalue weighted by Gasteiger charge is -2.38. The van der Waals surface area contributed by atoms with E-state index in [2.05, 4.69) is 4.74 Å². The summed E-state index contributed by atoms with van der Waals surface area (Å²) < 4.78 is 121. The van der Waals surface area contributed by atoms with Crippen molar-refractivity contribution < 1.29 is 49.0 Å². The van der Waals surface area contributed by atoms with E-state index >= 15 is 0 Å². The van der Waals surface area contributed by atoms with Crippen LogP contribution in [0.4, 0.5) is 32.0 Å². The normalized spacial score (nSPS) is 15.5. The van der Waals surface area contributed by atoms with Crippen LogP contribution in [0.15, 0.2) is 59.5 Å². The van der Waals surface area contributed by atoms with E-state index in [0.29, 0.717) is 12.1 Å². The number of carbonyl (C=O) groups is 1. The summed E-state index contributed by atoms with van der Waals surface area (Å²) in [6.07, 6.45) is -12.0. The topological polar surface area (TPSA) is 76.2 Å². The van der Waals surface area contributed by atoms with Crippen molar-refractivity contribution in [3.05, 3.63) is 60.2 Å². The minimum absolute atomic E-state index is 0.00463. The predicted octanol–water partition coefficient (Wildman–Crippen LogP) is 4.10. The van der Waals surface area contributed by atoms with Gasteiger partial charge in [-0.1, -0.05) is 30.3 Å². The molecule has 3 rings (SSSR count). The number of hydrogen-bond acceptors (Lipinski definition) is 5. The fourth-order valence-corrected chi connectivity index (χ4v) is 5.38. The number of halogens is 6. The van der Waals surface area contributed by atoms with Crippen LogP contribution in [0.1, 0.15) is 12.5 Å². The van der Waals surface area contributed by atoms with Crippen molar-refractivity contribution in [3.8, 4) is 0 Å². The van der Waals surface area contributed by atoms with Gasteiger partial charge in [0.1, 0.15) is 6.61 Å². The van der Waals surface area contributed by atoms with E-state index in [1.54, 1.807) is 6.07 Å². The van der Waals surface area contributed by atoms with Gasteiger partial charge in [0, 0.05) is 25.2 Å². The third-order valence-electron chi connectivity index (χ3n) is 5.75. The molecule has 1 aliphatic rings. The number of benzene rings is 2. The van der Waals surface area contributed by atoms with Gasteiger partial charge in [-0.15, -0.1) is 0 Å². The highest BCUT2D eigenvalue weighted by atomic mass is 32.2. The fraction of sp³-hybridized carbons (Fsp3) is 0.435. The van der Waals surface area contributed by atoms with Crippen molar-refractivity contribution in [2.75, 3.05) is 43.8 Å². The zero-order valence-corrected chi connectivity index (χ0v) is 20.4. The molecule has 1 fully saturated rings. The Kier molecular flexibility index (Phi) is 8.44. The van der Waals surface area contributed by atoms with Crippen LogP contribution in [-0.4, -0.2) is 71.0 Å². The van der Waals surface area contributed by atoms with E-state index in [1.807, 2.05) is 0 Å². The monoisotopic (exact) mass is 554 g/mol. The molecular weight excluding hydrogens is 530 g/mol. The second-order valence-electron chi connectivity index (χ2n) is 7.99. The average Bonchev–Trinajstić information content (AvgIpc) is 2.85. The number of ether oxygens (including phenoxy) is 2. The summed E-state index contributed by atoms with van der Waals surface area (Å²) in [4.78, 5) is 13.2. The lowest BCUT2D eigenvalue weighted by Crippen LogP contribution is -2.57. The highest BCUT2D eigenvalue weighted by molar-refractivity contribution is 7.92. The molecule has 2 aromatic rings. The first-order valence-electron chi connectivity index (χ1n) is 11.1. The largest absolute Gasteiger partial charge is 0.430 e. The van der Waals surface area contributed by atoms with E-state index in [1.165, 1.54) is 31.2 Å². The van der Waals surface area contributed by atoms with Crippen molar-refractivity contribution in [3.63, 3.8) is 0 Å². The van der Waals surface area contributed by atoms with Crippen molar-refractivity contribution >= 4 is 21.6 Å². The number of carbonyl (C=O) groups excluding carboxylic acids is 1. The highest BCUT2D eigenvalue weighted by Gasteiger charge is 2.73. The molecule has 1 aliphatic heterocycles. The van der Waals surface area contributed by atoms with Crippen molar-refractivity contribution in [2.24, 2.45) is 0 Å². The molecule has 14 heteroatoms. The molecule has 0 spiro atoms. The zero-order chi connectivity index (χ0) is 27.5. The molecule has 0 aliphatic carbocycles. The summed E-state index contributed by atoms with van der Waals surface area (Å²) in [5.74, 6) is -1.05. The molecule has 37 heavy (non-hydrogen) atoms. The molecule has 204 valence electrons. The SMILES string of the molecule is CCN(c1ccc(C(OCC(=O)N2CCOCC2)(C(F)(F)F)C(F)(F)F)cc1)S(=O)(=O)c1ccccc1. The number of sulfonamides is 1. The number of nitrogens with zero attached hydrogens (tertiary/aromatic N) is 2. The standard InChI is InChI=1S/C23H24F6N2O5S/c1-2-31(37(33,34)19-6-4-3-5-7-19)18-10-8-17(9-11-18)21(22(24,25)26,23(27,28)29)36-16-20(32)30-12-14-35-15-13-30/h3-11H,2,12-16H2,1H3. The fourth-order valence-electron chi connectivity index (χ4n) is 3.88. The number of alkyl halides is 6. The van der Waals surface area contributed by atoms with Crippen molar-refractivity contribution in [1.29, 1.82) is 0 Å². The third kappa shape index (κ3) is 5.70. The molecule has 0 N–H and O–H groups in total. The zero-order valence-electron chi connectivity index (χ0n) is 19.6. The van der Waals surface area contributed by atoms with E-state index in [-0.39, 0.29) is 43.4 Å². The molecule has 0 radical (unpaired) electrons. The van der Waals surface area contributed by atoms with Crippen LogP contribution in [0.25, 0.3) is 0 Å². The van der Waals surface area contributed by atoms with Gasteiger partial charge in [-0.2, -0.15) is 26.3 Å². The lowest BCUT2D eigenvalue weighted by molar-refractivity contribution is -0.387. The minimum Gasteiger partial charge on any atom is -0.378 e. The molecule has 0 unspecified atom stereocenters. The number of anilines is 1. The summed E-state index contributed by atoms with van der Waals surface area (Å²) in [6.45, 7) is 0.0300. The molecule has 0 bridgehead atoms. The maximum absolute atomic E-state index is 14.1. The first kappa shape index (κ1) is 28.7. The van der Waals surface area contributed by atoms with Crippen LogP contribution in [0.3, 0.4) is 0 Å². The van der Waals surface area contributed by atoms with Crippen LogP contribution in [0.5, 0.6) is 0 Å². The van der Waals surface area contributed by atoms with Crippen LogP contribution in [0.2, 0.25) is 0 Å². The van der Waals surface area contributed by atoms with E-state index in [9.17, 15) is 39.6 Å². The van der Waals surface area contributed by atoms with Gasteiger partial charge in [0.05, 0.1) is 23.8 Å².